The standard InChI is InChI=1S/C16H23ClFN3/c17-13-5-3-6-14(18)16(13)15(10-19)21-9-8-20-7-2-1-4-12(20)11-21/h3,5-6,12,15H,1-2,4,7-11,19H2. The Morgan fingerprint density at radius 3 is 2.90 bits per heavy atom. The molecule has 2 N–H and O–H groups in total. The lowest BCUT2D eigenvalue weighted by molar-refractivity contribution is 0.0279. The van der Waals surface area contributed by atoms with Crippen LogP contribution in [-0.4, -0.2) is 48.6 Å². The van der Waals surface area contributed by atoms with Gasteiger partial charge in [0.05, 0.1) is 6.04 Å². The van der Waals surface area contributed by atoms with Crippen molar-refractivity contribution in [3.8, 4) is 0 Å². The minimum absolute atomic E-state index is 0.122. The highest BCUT2D eigenvalue weighted by molar-refractivity contribution is 6.31. The minimum atomic E-state index is -0.246. The summed E-state index contributed by atoms with van der Waals surface area (Å²) in [6.45, 7) is 4.54. The monoisotopic (exact) mass is 311 g/mol. The first-order valence-electron chi connectivity index (χ1n) is 7.82. The predicted molar refractivity (Wildman–Crippen MR) is 84.0 cm³/mol. The van der Waals surface area contributed by atoms with Gasteiger partial charge >= 0.3 is 0 Å². The van der Waals surface area contributed by atoms with Crippen LogP contribution in [0.15, 0.2) is 18.2 Å². The van der Waals surface area contributed by atoms with Crippen LogP contribution in [0.1, 0.15) is 30.9 Å². The van der Waals surface area contributed by atoms with Crippen LogP contribution in [0, 0.1) is 5.82 Å². The van der Waals surface area contributed by atoms with E-state index in [9.17, 15) is 4.39 Å². The van der Waals surface area contributed by atoms with Gasteiger partial charge in [-0.05, 0) is 31.5 Å². The average molecular weight is 312 g/mol. The van der Waals surface area contributed by atoms with Crippen LogP contribution in [0.3, 0.4) is 0 Å². The van der Waals surface area contributed by atoms with E-state index in [4.69, 9.17) is 17.3 Å². The fourth-order valence-corrected chi connectivity index (χ4v) is 4.03. The molecular formula is C16H23ClFN3. The van der Waals surface area contributed by atoms with E-state index in [1.165, 1.54) is 31.9 Å². The van der Waals surface area contributed by atoms with Crippen LogP contribution in [0.5, 0.6) is 0 Å². The maximum atomic E-state index is 14.2. The first kappa shape index (κ1) is 15.2. The third kappa shape index (κ3) is 3.09. The molecule has 1 aromatic carbocycles. The molecule has 0 saturated carbocycles. The minimum Gasteiger partial charge on any atom is -0.329 e. The molecule has 0 amide bonds. The molecule has 2 atom stereocenters. The molecule has 3 nitrogen and oxygen atoms in total. The molecule has 0 aliphatic carbocycles. The molecular weight excluding hydrogens is 289 g/mol. The van der Waals surface area contributed by atoms with Gasteiger partial charge in [0, 0.05) is 42.8 Å². The van der Waals surface area contributed by atoms with E-state index in [0.717, 1.165) is 19.6 Å². The summed E-state index contributed by atoms with van der Waals surface area (Å²) in [5, 5.41) is 0.483. The molecule has 2 unspecified atom stereocenters. The zero-order chi connectivity index (χ0) is 14.8. The lowest BCUT2D eigenvalue weighted by atomic mass is 9.96. The Kier molecular flexibility index (Phi) is 4.79. The van der Waals surface area contributed by atoms with Crippen LogP contribution in [-0.2, 0) is 0 Å². The van der Waals surface area contributed by atoms with E-state index in [0.29, 0.717) is 23.2 Å². The van der Waals surface area contributed by atoms with Crippen molar-refractivity contribution < 1.29 is 4.39 Å². The van der Waals surface area contributed by atoms with Crippen LogP contribution in [0.2, 0.25) is 5.02 Å². The van der Waals surface area contributed by atoms with Crippen LogP contribution in [0.25, 0.3) is 0 Å². The summed E-state index contributed by atoms with van der Waals surface area (Å²) < 4.78 is 14.2. The molecule has 1 aromatic rings. The maximum absolute atomic E-state index is 14.2. The van der Waals surface area contributed by atoms with E-state index in [-0.39, 0.29) is 11.9 Å². The summed E-state index contributed by atoms with van der Waals surface area (Å²) >= 11 is 6.23. The van der Waals surface area contributed by atoms with E-state index in [2.05, 4.69) is 9.80 Å². The summed E-state index contributed by atoms with van der Waals surface area (Å²) in [4.78, 5) is 4.88. The van der Waals surface area contributed by atoms with E-state index >= 15 is 0 Å². The molecule has 21 heavy (non-hydrogen) atoms. The van der Waals surface area contributed by atoms with Crippen LogP contribution in [0.4, 0.5) is 4.39 Å². The number of hydrogen-bond acceptors (Lipinski definition) is 3. The highest BCUT2D eigenvalue weighted by atomic mass is 35.5. The van der Waals surface area contributed by atoms with Gasteiger partial charge < -0.3 is 5.73 Å². The molecule has 0 aromatic heterocycles. The second-order valence-electron chi connectivity index (χ2n) is 6.07. The highest BCUT2D eigenvalue weighted by Gasteiger charge is 2.33. The van der Waals surface area contributed by atoms with Gasteiger partial charge in [0.25, 0.3) is 0 Å². The zero-order valence-corrected chi connectivity index (χ0v) is 13.0. The number of nitrogens with two attached hydrogens (primary N) is 1. The molecule has 2 fully saturated rings. The number of fused-ring (bicyclic) bond motifs is 1. The Balaban J connectivity index is 1.80. The van der Waals surface area contributed by atoms with Crippen LogP contribution >= 0.6 is 11.6 Å². The quantitative estimate of drug-likeness (QED) is 0.931. The first-order chi connectivity index (χ1) is 10.2. The van der Waals surface area contributed by atoms with Crippen molar-refractivity contribution in [1.82, 2.24) is 9.80 Å². The molecule has 116 valence electrons. The summed E-state index contributed by atoms with van der Waals surface area (Å²) in [5.41, 5.74) is 6.52. The number of benzene rings is 1. The fourth-order valence-electron chi connectivity index (χ4n) is 3.74. The summed E-state index contributed by atoms with van der Waals surface area (Å²) in [7, 11) is 0. The zero-order valence-electron chi connectivity index (χ0n) is 12.3. The molecule has 2 saturated heterocycles. The van der Waals surface area contributed by atoms with Gasteiger partial charge in [-0.15, -0.1) is 0 Å². The third-order valence-corrected chi connectivity index (χ3v) is 5.20. The molecule has 2 heterocycles. The van der Waals surface area contributed by atoms with Gasteiger partial charge in [-0.2, -0.15) is 0 Å². The number of piperazine rings is 1. The number of piperidine rings is 1. The maximum Gasteiger partial charge on any atom is 0.129 e. The summed E-state index contributed by atoms with van der Waals surface area (Å²) in [5.74, 6) is -0.246. The van der Waals surface area contributed by atoms with Crippen LogP contribution < -0.4 is 5.73 Å². The Morgan fingerprint density at radius 2 is 2.14 bits per heavy atom. The van der Waals surface area contributed by atoms with Crippen molar-refractivity contribution in [3.63, 3.8) is 0 Å². The Morgan fingerprint density at radius 1 is 1.29 bits per heavy atom. The van der Waals surface area contributed by atoms with Gasteiger partial charge in [-0.25, -0.2) is 4.39 Å². The summed E-state index contributed by atoms with van der Waals surface area (Å²) in [6, 6.07) is 5.34. The SMILES string of the molecule is NCC(c1c(F)cccc1Cl)N1CCN2CCCCC2C1. The number of hydrogen-bond donors (Lipinski definition) is 1. The van der Waals surface area contributed by atoms with E-state index in [1.807, 2.05) is 0 Å². The van der Waals surface area contributed by atoms with Crippen molar-refractivity contribution in [2.75, 3.05) is 32.7 Å². The highest BCUT2D eigenvalue weighted by Crippen LogP contribution is 2.32. The number of halogens is 2. The number of nitrogens with zero attached hydrogens (tertiary/aromatic N) is 2. The van der Waals surface area contributed by atoms with Gasteiger partial charge in [0.1, 0.15) is 5.82 Å². The smallest absolute Gasteiger partial charge is 0.129 e. The molecule has 2 aliphatic rings. The Bertz CT molecular complexity index is 476. The van der Waals surface area contributed by atoms with Crippen molar-refractivity contribution >= 4 is 11.6 Å². The lowest BCUT2D eigenvalue weighted by Gasteiger charge is -2.46. The predicted octanol–water partition coefficient (Wildman–Crippen LogP) is 2.65. The molecule has 5 heteroatoms. The van der Waals surface area contributed by atoms with Crippen molar-refractivity contribution in [2.45, 2.75) is 31.3 Å². The lowest BCUT2D eigenvalue weighted by Crippen LogP contribution is -2.56. The molecule has 0 radical (unpaired) electrons. The molecule has 0 bridgehead atoms. The Labute approximate surface area is 130 Å². The average Bonchev–Trinajstić information content (AvgIpc) is 2.50. The normalized spacial score (nSPS) is 25.6. The van der Waals surface area contributed by atoms with Gasteiger partial charge in [0.15, 0.2) is 0 Å². The fraction of sp³-hybridized carbons (Fsp3) is 0.625. The molecule has 2 aliphatic heterocycles. The van der Waals surface area contributed by atoms with Gasteiger partial charge in [-0.3, -0.25) is 9.80 Å². The third-order valence-electron chi connectivity index (χ3n) is 4.87. The second kappa shape index (κ2) is 6.61. The summed E-state index contributed by atoms with van der Waals surface area (Å²) in [6.07, 6.45) is 3.83. The van der Waals surface area contributed by atoms with Crippen molar-refractivity contribution in [1.29, 1.82) is 0 Å². The van der Waals surface area contributed by atoms with Gasteiger partial charge in [-0.1, -0.05) is 24.1 Å². The van der Waals surface area contributed by atoms with Crippen molar-refractivity contribution in [2.24, 2.45) is 5.73 Å². The molecule has 0 spiro atoms. The van der Waals surface area contributed by atoms with Crippen molar-refractivity contribution in [3.05, 3.63) is 34.6 Å². The molecule has 3 rings (SSSR count). The van der Waals surface area contributed by atoms with E-state index < -0.39 is 0 Å². The van der Waals surface area contributed by atoms with Gasteiger partial charge in [0.2, 0.25) is 0 Å². The topological polar surface area (TPSA) is 32.5 Å². The largest absolute Gasteiger partial charge is 0.329 e. The Hall–Kier alpha value is -0.680. The number of rotatable bonds is 3. The first-order valence-corrected chi connectivity index (χ1v) is 8.20. The van der Waals surface area contributed by atoms with E-state index in [1.54, 1.807) is 12.1 Å². The second-order valence-corrected chi connectivity index (χ2v) is 6.47.